The van der Waals surface area contributed by atoms with E-state index in [9.17, 15) is 0 Å². The molecule has 0 atom stereocenters. The van der Waals surface area contributed by atoms with E-state index in [1.165, 1.54) is 11.5 Å². The summed E-state index contributed by atoms with van der Waals surface area (Å²) in [6.45, 7) is 0. The molecule has 0 unspecified atom stereocenters. The van der Waals surface area contributed by atoms with Gasteiger partial charge >= 0.3 is 0 Å². The van der Waals surface area contributed by atoms with Crippen LogP contribution in [0.1, 0.15) is 10.6 Å². The summed E-state index contributed by atoms with van der Waals surface area (Å²) in [4.78, 5) is 4.24. The average Bonchev–Trinajstić information content (AvgIpc) is 3.04. The van der Waals surface area contributed by atoms with Gasteiger partial charge < -0.3 is 0 Å². The lowest BCUT2D eigenvalue weighted by Gasteiger charge is -2.05. The van der Waals surface area contributed by atoms with Crippen molar-refractivity contribution in [3.05, 3.63) is 77.6 Å². The molecule has 0 aliphatic rings. The standard InChI is InChI=1S/C15H12N4S/c1-3-7-12(8-4-1)14(15-16-11-17-20-15)19-18-13-9-5-2-6-10-13/h1-11,18H. The van der Waals surface area contributed by atoms with E-state index in [-0.39, 0.29) is 0 Å². The fourth-order valence-corrected chi connectivity index (χ4v) is 2.28. The summed E-state index contributed by atoms with van der Waals surface area (Å²) < 4.78 is 4.05. The lowest BCUT2D eigenvalue weighted by atomic mass is 10.1. The van der Waals surface area contributed by atoms with Crippen molar-refractivity contribution < 1.29 is 0 Å². The van der Waals surface area contributed by atoms with E-state index < -0.39 is 0 Å². The second-order valence-electron chi connectivity index (χ2n) is 4.05. The highest BCUT2D eigenvalue weighted by molar-refractivity contribution is 7.07. The Balaban J connectivity index is 1.94. The van der Waals surface area contributed by atoms with Crippen LogP contribution >= 0.6 is 11.5 Å². The van der Waals surface area contributed by atoms with Gasteiger partial charge in [0.2, 0.25) is 0 Å². The van der Waals surface area contributed by atoms with Crippen LogP contribution in [0.3, 0.4) is 0 Å². The molecule has 0 saturated carbocycles. The molecular formula is C15H12N4S. The van der Waals surface area contributed by atoms with Crippen LogP contribution in [0.25, 0.3) is 0 Å². The highest BCUT2D eigenvalue weighted by atomic mass is 32.1. The monoisotopic (exact) mass is 280 g/mol. The van der Waals surface area contributed by atoms with Gasteiger partial charge in [-0.25, -0.2) is 4.98 Å². The van der Waals surface area contributed by atoms with Crippen LogP contribution in [0.15, 0.2) is 72.1 Å². The van der Waals surface area contributed by atoms with Gasteiger partial charge in [-0.3, -0.25) is 5.43 Å². The van der Waals surface area contributed by atoms with Crippen molar-refractivity contribution in [3.63, 3.8) is 0 Å². The molecule has 0 saturated heterocycles. The third kappa shape index (κ3) is 2.89. The maximum atomic E-state index is 4.48. The van der Waals surface area contributed by atoms with Crippen LogP contribution in [0, 0.1) is 0 Å². The highest BCUT2D eigenvalue weighted by Crippen LogP contribution is 2.13. The number of anilines is 1. The van der Waals surface area contributed by atoms with Crippen molar-refractivity contribution in [2.24, 2.45) is 5.10 Å². The van der Waals surface area contributed by atoms with Gasteiger partial charge in [-0.15, -0.1) is 0 Å². The molecule has 1 aromatic heterocycles. The topological polar surface area (TPSA) is 50.2 Å². The lowest BCUT2D eigenvalue weighted by Crippen LogP contribution is -2.06. The van der Waals surface area contributed by atoms with Crippen LogP contribution in [-0.4, -0.2) is 15.1 Å². The number of rotatable bonds is 4. The summed E-state index contributed by atoms with van der Waals surface area (Å²) in [5, 5.41) is 5.27. The van der Waals surface area contributed by atoms with Gasteiger partial charge in [0.25, 0.3) is 0 Å². The molecule has 20 heavy (non-hydrogen) atoms. The van der Waals surface area contributed by atoms with Gasteiger partial charge in [0.15, 0.2) is 5.01 Å². The van der Waals surface area contributed by atoms with Crippen molar-refractivity contribution in [2.75, 3.05) is 5.43 Å². The minimum Gasteiger partial charge on any atom is -0.278 e. The van der Waals surface area contributed by atoms with Crippen LogP contribution in [0.2, 0.25) is 0 Å². The first-order valence-electron chi connectivity index (χ1n) is 6.15. The van der Waals surface area contributed by atoms with Crippen LogP contribution in [0.4, 0.5) is 5.69 Å². The Hall–Kier alpha value is -2.53. The van der Waals surface area contributed by atoms with Crippen molar-refractivity contribution in [1.82, 2.24) is 9.36 Å². The second-order valence-corrected chi connectivity index (χ2v) is 4.83. The maximum Gasteiger partial charge on any atom is 0.164 e. The molecule has 0 amide bonds. The Bertz CT molecular complexity index is 678. The Morgan fingerprint density at radius 2 is 1.65 bits per heavy atom. The summed E-state index contributed by atoms with van der Waals surface area (Å²) >= 11 is 1.33. The largest absolute Gasteiger partial charge is 0.278 e. The molecule has 1 heterocycles. The van der Waals surface area contributed by atoms with Crippen molar-refractivity contribution in [3.8, 4) is 0 Å². The molecule has 1 N–H and O–H groups in total. The van der Waals surface area contributed by atoms with E-state index >= 15 is 0 Å². The first kappa shape index (κ1) is 12.5. The van der Waals surface area contributed by atoms with E-state index in [2.05, 4.69) is 19.9 Å². The molecular weight excluding hydrogens is 268 g/mol. The average molecular weight is 280 g/mol. The molecule has 0 aliphatic carbocycles. The van der Waals surface area contributed by atoms with Crippen LogP contribution in [0.5, 0.6) is 0 Å². The van der Waals surface area contributed by atoms with E-state index in [0.29, 0.717) is 0 Å². The Labute approximate surface area is 121 Å². The zero-order valence-electron chi connectivity index (χ0n) is 10.6. The number of para-hydroxylation sites is 1. The van der Waals surface area contributed by atoms with Crippen molar-refractivity contribution >= 4 is 22.9 Å². The third-order valence-electron chi connectivity index (χ3n) is 2.68. The van der Waals surface area contributed by atoms with E-state index in [0.717, 1.165) is 22.0 Å². The Kier molecular flexibility index (Phi) is 3.80. The van der Waals surface area contributed by atoms with Gasteiger partial charge in [0.05, 0.1) is 5.69 Å². The molecule has 0 aliphatic heterocycles. The maximum absolute atomic E-state index is 4.48. The molecule has 0 spiro atoms. The zero-order valence-corrected chi connectivity index (χ0v) is 11.4. The summed E-state index contributed by atoms with van der Waals surface area (Å²) in [6.07, 6.45) is 1.54. The smallest absolute Gasteiger partial charge is 0.164 e. The van der Waals surface area contributed by atoms with E-state index in [1.807, 2.05) is 60.7 Å². The zero-order chi connectivity index (χ0) is 13.6. The number of aromatic nitrogens is 2. The van der Waals surface area contributed by atoms with E-state index in [1.54, 1.807) is 6.33 Å². The fourth-order valence-electron chi connectivity index (χ4n) is 1.74. The summed E-state index contributed by atoms with van der Waals surface area (Å²) in [6, 6.07) is 19.8. The normalized spacial score (nSPS) is 11.3. The SMILES string of the molecule is c1ccc(NN=C(c2ccccc2)c2ncns2)cc1. The predicted molar refractivity (Wildman–Crippen MR) is 82.1 cm³/mol. The Morgan fingerprint density at radius 1 is 0.950 bits per heavy atom. The molecule has 0 bridgehead atoms. The summed E-state index contributed by atoms with van der Waals surface area (Å²) in [5.41, 5.74) is 5.79. The molecule has 5 heteroatoms. The third-order valence-corrected chi connectivity index (χ3v) is 3.35. The van der Waals surface area contributed by atoms with Gasteiger partial charge in [-0.1, -0.05) is 48.5 Å². The fraction of sp³-hybridized carbons (Fsp3) is 0. The quantitative estimate of drug-likeness (QED) is 0.588. The molecule has 4 nitrogen and oxygen atoms in total. The summed E-state index contributed by atoms with van der Waals surface area (Å²) in [7, 11) is 0. The molecule has 0 radical (unpaired) electrons. The van der Waals surface area contributed by atoms with Gasteiger partial charge in [0, 0.05) is 5.56 Å². The predicted octanol–water partition coefficient (Wildman–Crippen LogP) is 3.40. The van der Waals surface area contributed by atoms with Crippen molar-refractivity contribution in [2.45, 2.75) is 0 Å². The highest BCUT2D eigenvalue weighted by Gasteiger charge is 2.10. The minimum absolute atomic E-state index is 0.789. The number of nitrogens with one attached hydrogen (secondary N) is 1. The van der Waals surface area contributed by atoms with Crippen molar-refractivity contribution in [1.29, 1.82) is 0 Å². The number of hydrogen-bond donors (Lipinski definition) is 1. The first-order valence-corrected chi connectivity index (χ1v) is 6.92. The molecule has 0 fully saturated rings. The number of hydrogen-bond acceptors (Lipinski definition) is 5. The first-order chi connectivity index (χ1) is 9.93. The van der Waals surface area contributed by atoms with Crippen LogP contribution < -0.4 is 5.43 Å². The lowest BCUT2D eigenvalue weighted by molar-refractivity contribution is 1.28. The Morgan fingerprint density at radius 3 is 2.30 bits per heavy atom. The molecule has 2 aromatic carbocycles. The van der Waals surface area contributed by atoms with E-state index in [4.69, 9.17) is 0 Å². The number of nitrogens with zero attached hydrogens (tertiary/aromatic N) is 3. The van der Waals surface area contributed by atoms with Gasteiger partial charge in [0.1, 0.15) is 12.0 Å². The molecule has 98 valence electrons. The minimum atomic E-state index is 0.789. The molecule has 3 rings (SSSR count). The summed E-state index contributed by atoms with van der Waals surface area (Å²) in [5.74, 6) is 0. The second kappa shape index (κ2) is 6.08. The number of hydrazone groups is 1. The molecule has 3 aromatic rings. The van der Waals surface area contributed by atoms with Gasteiger partial charge in [-0.05, 0) is 23.7 Å². The van der Waals surface area contributed by atoms with Gasteiger partial charge in [-0.2, -0.15) is 9.47 Å². The number of benzene rings is 2. The van der Waals surface area contributed by atoms with Crippen LogP contribution in [-0.2, 0) is 0 Å².